The van der Waals surface area contributed by atoms with Crippen molar-refractivity contribution in [3.8, 4) is 17.1 Å². The summed E-state index contributed by atoms with van der Waals surface area (Å²) < 4.78 is 45.2. The lowest BCUT2D eigenvalue weighted by Crippen LogP contribution is -2.31. The molecule has 4 heterocycles. The predicted molar refractivity (Wildman–Crippen MR) is 162 cm³/mol. The van der Waals surface area contributed by atoms with E-state index in [1.165, 1.54) is 17.4 Å². The van der Waals surface area contributed by atoms with Crippen LogP contribution in [0.25, 0.3) is 32.5 Å². The number of hydrogen-bond acceptors (Lipinski definition) is 7. The van der Waals surface area contributed by atoms with Crippen LogP contribution in [0.4, 0.5) is 8.78 Å². The van der Waals surface area contributed by atoms with Gasteiger partial charge in [-0.25, -0.2) is 28.5 Å². The summed E-state index contributed by atoms with van der Waals surface area (Å²) in [4.78, 5) is 25.1. The topological polar surface area (TPSA) is 99.4 Å². The summed E-state index contributed by atoms with van der Waals surface area (Å²) in [5.74, 6) is -1.60. The number of thiazole rings is 1. The molecule has 3 aromatic heterocycles. The number of carboxylic acid groups (broad SMARTS) is 1. The Balaban J connectivity index is 1.14. The minimum atomic E-state index is -1.06. The molecule has 12 heteroatoms. The average molecular weight is 633 g/mol. The number of carboxylic acids is 1. The molecular formula is C32H23ClF2N4O4S. The van der Waals surface area contributed by atoms with E-state index >= 15 is 8.78 Å². The number of halogens is 3. The van der Waals surface area contributed by atoms with Gasteiger partial charge in [0.05, 0.1) is 45.2 Å². The second kappa shape index (κ2) is 11.6. The van der Waals surface area contributed by atoms with Gasteiger partial charge in [0.1, 0.15) is 29.1 Å². The average Bonchev–Trinajstić information content (AvgIpc) is 3.55. The first-order chi connectivity index (χ1) is 21.3. The van der Waals surface area contributed by atoms with Crippen LogP contribution in [0.1, 0.15) is 33.2 Å². The van der Waals surface area contributed by atoms with Gasteiger partial charge < -0.3 is 19.1 Å². The van der Waals surface area contributed by atoms with Crippen molar-refractivity contribution in [3.05, 3.63) is 105 Å². The molecule has 1 unspecified atom stereocenters. The van der Waals surface area contributed by atoms with E-state index in [0.717, 1.165) is 33.8 Å². The Bertz CT molecular complexity index is 2060. The van der Waals surface area contributed by atoms with E-state index in [1.54, 1.807) is 42.5 Å². The third kappa shape index (κ3) is 5.61. The van der Waals surface area contributed by atoms with Gasteiger partial charge in [0.25, 0.3) is 0 Å². The van der Waals surface area contributed by atoms with Crippen molar-refractivity contribution in [2.45, 2.75) is 32.1 Å². The van der Waals surface area contributed by atoms with E-state index in [4.69, 9.17) is 21.1 Å². The molecule has 1 fully saturated rings. The maximum Gasteiger partial charge on any atom is 0.335 e. The summed E-state index contributed by atoms with van der Waals surface area (Å²) in [6, 6.07) is 17.3. The van der Waals surface area contributed by atoms with Crippen LogP contribution in [-0.2, 0) is 24.3 Å². The van der Waals surface area contributed by atoms with Crippen molar-refractivity contribution in [1.82, 2.24) is 19.5 Å². The van der Waals surface area contributed by atoms with Gasteiger partial charge in [-0.2, -0.15) is 0 Å². The van der Waals surface area contributed by atoms with Crippen LogP contribution in [0.15, 0.2) is 66.7 Å². The fourth-order valence-corrected chi connectivity index (χ4v) is 6.18. The number of rotatable bonds is 9. The van der Waals surface area contributed by atoms with Crippen molar-refractivity contribution in [1.29, 1.82) is 0 Å². The molecule has 0 saturated carbocycles. The van der Waals surface area contributed by atoms with Crippen LogP contribution in [-0.4, -0.2) is 43.3 Å². The monoisotopic (exact) mass is 632 g/mol. The third-order valence-corrected chi connectivity index (χ3v) is 8.72. The minimum Gasteiger partial charge on any atom is -0.478 e. The Kier molecular flexibility index (Phi) is 7.45. The Morgan fingerprint density at radius 2 is 1.91 bits per heavy atom. The van der Waals surface area contributed by atoms with Crippen LogP contribution >= 0.6 is 22.9 Å². The number of ether oxygens (including phenoxy) is 2. The zero-order valence-electron chi connectivity index (χ0n) is 23.0. The fourth-order valence-electron chi connectivity index (χ4n) is 5.16. The molecule has 0 amide bonds. The van der Waals surface area contributed by atoms with E-state index in [0.29, 0.717) is 35.0 Å². The zero-order chi connectivity index (χ0) is 30.4. The van der Waals surface area contributed by atoms with E-state index in [-0.39, 0.29) is 47.4 Å². The number of aromatic nitrogens is 4. The lowest BCUT2D eigenvalue weighted by molar-refractivity contribution is -0.0589. The summed E-state index contributed by atoms with van der Waals surface area (Å²) >= 11 is 7.53. The molecule has 7 rings (SSSR count). The number of nitrogens with zero attached hydrogens (tertiary/aromatic N) is 4. The highest BCUT2D eigenvalue weighted by Crippen LogP contribution is 2.30. The SMILES string of the molecule is O=C(O)c1ccc2nc(Cc3cc(F)c(-c4cccc(OCc5nc6cc(Cl)ccc6s5)n4)cc3F)n(CC3CCO3)c2c1. The van der Waals surface area contributed by atoms with Crippen LogP contribution < -0.4 is 4.74 Å². The van der Waals surface area contributed by atoms with Crippen molar-refractivity contribution < 1.29 is 28.2 Å². The molecule has 8 nitrogen and oxygen atoms in total. The molecule has 222 valence electrons. The molecule has 0 spiro atoms. The van der Waals surface area contributed by atoms with Gasteiger partial charge in [0.2, 0.25) is 5.88 Å². The number of carbonyl (C=O) groups is 1. The molecule has 6 aromatic rings. The molecule has 1 saturated heterocycles. The van der Waals surface area contributed by atoms with Crippen LogP contribution in [0, 0.1) is 11.6 Å². The molecule has 1 aliphatic heterocycles. The summed E-state index contributed by atoms with van der Waals surface area (Å²) in [6.07, 6.45) is 0.787. The van der Waals surface area contributed by atoms with Crippen molar-refractivity contribution in [3.63, 3.8) is 0 Å². The number of fused-ring (bicyclic) bond motifs is 2. The van der Waals surface area contributed by atoms with Gasteiger partial charge >= 0.3 is 5.97 Å². The molecule has 0 radical (unpaired) electrons. The quantitative estimate of drug-likeness (QED) is 0.179. The summed E-state index contributed by atoms with van der Waals surface area (Å²) in [5, 5.41) is 10.8. The Labute approximate surface area is 258 Å². The predicted octanol–water partition coefficient (Wildman–Crippen LogP) is 7.30. The molecule has 44 heavy (non-hydrogen) atoms. The number of aromatic carboxylic acids is 1. The highest BCUT2D eigenvalue weighted by molar-refractivity contribution is 7.18. The first-order valence-corrected chi connectivity index (χ1v) is 15.0. The maximum absolute atomic E-state index is 15.5. The largest absolute Gasteiger partial charge is 0.478 e. The molecule has 1 aliphatic rings. The lowest BCUT2D eigenvalue weighted by atomic mass is 10.0. The minimum absolute atomic E-state index is 0.00318. The third-order valence-electron chi connectivity index (χ3n) is 7.48. The van der Waals surface area contributed by atoms with Crippen molar-refractivity contribution in [2.75, 3.05) is 6.61 Å². The van der Waals surface area contributed by atoms with E-state index in [1.807, 2.05) is 10.6 Å². The van der Waals surface area contributed by atoms with Crippen molar-refractivity contribution >= 4 is 50.2 Å². The van der Waals surface area contributed by atoms with Crippen LogP contribution in [0.3, 0.4) is 0 Å². The normalized spacial score (nSPS) is 14.7. The maximum atomic E-state index is 15.5. The fraction of sp³-hybridized carbons (Fsp3) is 0.188. The first kappa shape index (κ1) is 28.3. The molecule has 0 bridgehead atoms. The number of benzene rings is 3. The van der Waals surface area contributed by atoms with Gasteiger partial charge in [-0.05, 0) is 66.6 Å². The molecule has 0 aliphatic carbocycles. The van der Waals surface area contributed by atoms with Crippen LogP contribution in [0.5, 0.6) is 5.88 Å². The number of hydrogen-bond donors (Lipinski definition) is 1. The summed E-state index contributed by atoms with van der Waals surface area (Å²) in [7, 11) is 0. The molecular weight excluding hydrogens is 610 g/mol. The van der Waals surface area contributed by atoms with Gasteiger partial charge in [-0.3, -0.25) is 0 Å². The van der Waals surface area contributed by atoms with Gasteiger partial charge in [0.15, 0.2) is 0 Å². The Morgan fingerprint density at radius 1 is 1.05 bits per heavy atom. The smallest absolute Gasteiger partial charge is 0.335 e. The highest BCUT2D eigenvalue weighted by atomic mass is 35.5. The van der Waals surface area contributed by atoms with Gasteiger partial charge in [0, 0.05) is 29.7 Å². The molecule has 1 atom stereocenters. The van der Waals surface area contributed by atoms with Gasteiger partial charge in [-0.1, -0.05) is 17.7 Å². The molecule has 3 aromatic carbocycles. The summed E-state index contributed by atoms with van der Waals surface area (Å²) in [6.45, 7) is 1.23. The Morgan fingerprint density at radius 3 is 2.70 bits per heavy atom. The highest BCUT2D eigenvalue weighted by Gasteiger charge is 2.24. The van der Waals surface area contributed by atoms with Gasteiger partial charge in [-0.15, -0.1) is 11.3 Å². The standard InChI is InChI=1S/C32H23ClF2N4O4S/c33-19-5-7-28-26(13-19)38-31(44-28)16-43-30-3-1-2-24(37-30)21-14-22(34)18(10-23(21)35)12-29-36-25-6-4-17(32(40)41)11-27(25)39(29)15-20-8-9-42-20/h1-7,10-11,13-14,20H,8-9,12,15-16H2,(H,40,41). The first-order valence-electron chi connectivity index (χ1n) is 13.8. The van der Waals surface area contributed by atoms with Crippen molar-refractivity contribution in [2.24, 2.45) is 0 Å². The number of pyridine rings is 1. The summed E-state index contributed by atoms with van der Waals surface area (Å²) in [5.41, 5.74) is 2.38. The number of imidazole rings is 1. The van der Waals surface area contributed by atoms with E-state index in [9.17, 15) is 9.90 Å². The second-order valence-electron chi connectivity index (χ2n) is 10.4. The van der Waals surface area contributed by atoms with E-state index in [2.05, 4.69) is 15.0 Å². The zero-order valence-corrected chi connectivity index (χ0v) is 24.5. The Hall–Kier alpha value is -4.45. The lowest BCUT2D eigenvalue weighted by Gasteiger charge is -2.27. The molecule has 1 N–H and O–H groups in total. The second-order valence-corrected chi connectivity index (χ2v) is 12.0. The van der Waals surface area contributed by atoms with E-state index < -0.39 is 17.6 Å². The van der Waals surface area contributed by atoms with Crippen LogP contribution in [0.2, 0.25) is 5.02 Å².